The lowest BCUT2D eigenvalue weighted by Crippen LogP contribution is -2.09. The molecule has 0 aromatic heterocycles. The number of ether oxygens (including phenoxy) is 2. The molecular weight excluding hydrogens is 496 g/mol. The molecule has 0 aromatic carbocycles. The Morgan fingerprint density at radius 3 is 1.11 bits per heavy atom. The van der Waals surface area contributed by atoms with Gasteiger partial charge in [0.25, 0.3) is 0 Å². The van der Waals surface area contributed by atoms with Crippen LogP contribution in [0.2, 0.25) is 0 Å². The van der Waals surface area contributed by atoms with E-state index in [-0.39, 0.29) is 35.0 Å². The predicted octanol–water partition coefficient (Wildman–Crippen LogP) is 7.43. The van der Waals surface area contributed by atoms with Gasteiger partial charge in [-0.1, -0.05) is 86.0 Å². The molecule has 0 heterocycles. The maximum Gasteiger partial charge on any atom is 0.309 e. The molecule has 0 radical (unpaired) electrons. The third-order valence-electron chi connectivity index (χ3n) is 6.03. The summed E-state index contributed by atoms with van der Waals surface area (Å²) in [5.41, 5.74) is 2.07. The highest BCUT2D eigenvalue weighted by atomic mass is 32.2. The fraction of sp³-hybridized carbons (Fsp3) is 0.786. The number of methoxy groups -OCH3 is 2. The van der Waals surface area contributed by atoms with Gasteiger partial charge in [0.1, 0.15) is 0 Å². The van der Waals surface area contributed by atoms with Gasteiger partial charge in [0.2, 0.25) is 0 Å². The minimum Gasteiger partial charge on any atom is -0.469 e. The predicted molar refractivity (Wildman–Crippen MR) is 151 cm³/mol. The molecule has 8 heteroatoms. The second-order valence-corrected chi connectivity index (χ2v) is 11.7. The lowest BCUT2D eigenvalue weighted by atomic mass is 9.92. The second kappa shape index (κ2) is 24.1. The van der Waals surface area contributed by atoms with Crippen LogP contribution in [0.15, 0.2) is 11.1 Å². The molecule has 0 aliphatic rings. The molecule has 0 N–H and O–H groups in total. The van der Waals surface area contributed by atoms with Gasteiger partial charge < -0.3 is 9.47 Å². The topological polar surface area (TPSA) is 86.7 Å². The van der Waals surface area contributed by atoms with Gasteiger partial charge in [-0.3, -0.25) is 19.2 Å². The van der Waals surface area contributed by atoms with Crippen LogP contribution in [0, 0.1) is 0 Å². The first-order valence-electron chi connectivity index (χ1n) is 13.4. The minimum atomic E-state index is -0.265. The highest BCUT2D eigenvalue weighted by Gasteiger charge is 2.15. The molecule has 0 amide bonds. The van der Waals surface area contributed by atoms with Crippen molar-refractivity contribution < 1.29 is 28.7 Å². The number of rotatable bonds is 22. The zero-order chi connectivity index (χ0) is 27.0. The summed E-state index contributed by atoms with van der Waals surface area (Å²) >= 11 is 2.79. The molecule has 0 spiro atoms. The fourth-order valence-corrected chi connectivity index (χ4v) is 5.27. The van der Waals surface area contributed by atoms with Crippen LogP contribution in [0.25, 0.3) is 0 Å². The highest BCUT2D eigenvalue weighted by molar-refractivity contribution is 8.13. The van der Waals surface area contributed by atoms with Crippen molar-refractivity contribution in [3.63, 3.8) is 0 Å². The molecule has 0 saturated carbocycles. The van der Waals surface area contributed by atoms with E-state index in [9.17, 15) is 19.2 Å². The Labute approximate surface area is 227 Å². The maximum atomic E-state index is 12.1. The second-order valence-electron chi connectivity index (χ2n) is 9.14. The molecule has 0 rings (SSSR count). The van der Waals surface area contributed by atoms with E-state index in [4.69, 9.17) is 9.47 Å². The van der Waals surface area contributed by atoms with Crippen molar-refractivity contribution in [2.24, 2.45) is 0 Å². The number of unbranched alkanes of at least 4 members (excludes halogenated alkanes) is 10. The van der Waals surface area contributed by atoms with E-state index in [1.807, 2.05) is 0 Å². The first-order valence-corrected chi connectivity index (χ1v) is 15.4. The summed E-state index contributed by atoms with van der Waals surface area (Å²) in [6.45, 7) is 3.22. The summed E-state index contributed by atoms with van der Waals surface area (Å²) in [6, 6.07) is 0. The molecule has 0 unspecified atom stereocenters. The van der Waals surface area contributed by atoms with Crippen LogP contribution in [0.1, 0.15) is 117 Å². The SMILES string of the molecule is COC(=O)C/C(CCCCCCCCSC(C)=O)=C(/CCCCCCCCSC(C)=O)CC(=O)OC. The van der Waals surface area contributed by atoms with Gasteiger partial charge in [-0.2, -0.15) is 0 Å². The van der Waals surface area contributed by atoms with Crippen molar-refractivity contribution in [1.82, 2.24) is 0 Å². The summed E-state index contributed by atoms with van der Waals surface area (Å²) in [5, 5.41) is 0.367. The van der Waals surface area contributed by atoms with Crippen LogP contribution in [-0.2, 0) is 28.7 Å². The molecule has 0 saturated heterocycles. The van der Waals surface area contributed by atoms with Crippen molar-refractivity contribution in [2.45, 2.75) is 117 Å². The van der Waals surface area contributed by atoms with E-state index >= 15 is 0 Å². The smallest absolute Gasteiger partial charge is 0.309 e. The molecule has 0 aliphatic heterocycles. The summed E-state index contributed by atoms with van der Waals surface area (Å²) in [6.07, 6.45) is 15.2. The summed E-state index contributed by atoms with van der Waals surface area (Å²) in [5.74, 6) is 1.27. The molecule has 0 aromatic rings. The van der Waals surface area contributed by atoms with Gasteiger partial charge in [0.05, 0.1) is 27.1 Å². The molecule has 6 nitrogen and oxygen atoms in total. The molecule has 208 valence electrons. The molecular formula is C28H48O6S2. The Morgan fingerprint density at radius 1 is 0.500 bits per heavy atom. The van der Waals surface area contributed by atoms with Crippen LogP contribution < -0.4 is 0 Å². The van der Waals surface area contributed by atoms with Gasteiger partial charge in [-0.15, -0.1) is 0 Å². The molecule has 0 fully saturated rings. The zero-order valence-corrected chi connectivity index (χ0v) is 24.6. The van der Waals surface area contributed by atoms with Crippen molar-refractivity contribution in [3.05, 3.63) is 11.1 Å². The zero-order valence-electron chi connectivity index (χ0n) is 23.0. The number of esters is 2. The quantitative estimate of drug-likeness (QED) is 0.0790. The standard InChI is InChI=1S/C28H48O6S2/c1-23(29)35-19-15-11-7-5-9-13-17-25(21-27(31)33-3)26(22-28(32)34-4)18-14-10-6-8-12-16-20-36-24(2)30/h5-22H2,1-4H3/b26-25-. The fourth-order valence-electron chi connectivity index (χ4n) is 4.00. The van der Waals surface area contributed by atoms with Crippen LogP contribution >= 0.6 is 23.5 Å². The summed E-state index contributed by atoms with van der Waals surface area (Å²) in [7, 11) is 2.80. The summed E-state index contributed by atoms with van der Waals surface area (Å²) < 4.78 is 9.86. The third-order valence-corrected chi connectivity index (χ3v) is 7.83. The Kier molecular flexibility index (Phi) is 23.2. The van der Waals surface area contributed by atoms with Gasteiger partial charge in [0, 0.05) is 25.4 Å². The minimum absolute atomic E-state index is 0.183. The Morgan fingerprint density at radius 2 is 0.806 bits per heavy atom. The molecule has 0 atom stereocenters. The monoisotopic (exact) mass is 544 g/mol. The van der Waals surface area contributed by atoms with Crippen molar-refractivity contribution >= 4 is 45.7 Å². The van der Waals surface area contributed by atoms with Crippen molar-refractivity contribution in [3.8, 4) is 0 Å². The lowest BCUT2D eigenvalue weighted by Gasteiger charge is -2.15. The average molecular weight is 545 g/mol. The van der Waals surface area contributed by atoms with E-state index in [0.29, 0.717) is 0 Å². The van der Waals surface area contributed by atoms with Gasteiger partial charge in [-0.05, 0) is 38.5 Å². The number of hydrogen-bond acceptors (Lipinski definition) is 8. The average Bonchev–Trinajstić information content (AvgIpc) is 2.84. The number of carbonyl (C=O) groups is 4. The van der Waals surface area contributed by atoms with E-state index < -0.39 is 0 Å². The Bertz CT molecular complexity index is 619. The first kappa shape index (κ1) is 34.7. The van der Waals surface area contributed by atoms with Gasteiger partial charge >= 0.3 is 11.9 Å². The number of carbonyl (C=O) groups excluding carboxylic acids is 4. The van der Waals surface area contributed by atoms with Gasteiger partial charge in [-0.25, -0.2) is 0 Å². The molecule has 36 heavy (non-hydrogen) atoms. The molecule has 0 aliphatic carbocycles. The molecule has 0 bridgehead atoms. The highest BCUT2D eigenvalue weighted by Crippen LogP contribution is 2.26. The van der Waals surface area contributed by atoms with Crippen LogP contribution in [-0.4, -0.2) is 47.9 Å². The third kappa shape index (κ3) is 22.0. The largest absolute Gasteiger partial charge is 0.469 e. The van der Waals surface area contributed by atoms with Gasteiger partial charge in [0.15, 0.2) is 10.2 Å². The van der Waals surface area contributed by atoms with Crippen molar-refractivity contribution in [1.29, 1.82) is 0 Å². The van der Waals surface area contributed by atoms with Crippen LogP contribution in [0.5, 0.6) is 0 Å². The van der Waals surface area contributed by atoms with Crippen LogP contribution in [0.4, 0.5) is 0 Å². The number of thioether (sulfide) groups is 2. The Balaban J connectivity index is 4.65. The lowest BCUT2D eigenvalue weighted by molar-refractivity contribution is -0.141. The normalized spacial score (nSPS) is 11.7. The van der Waals surface area contributed by atoms with E-state index in [0.717, 1.165) is 113 Å². The van der Waals surface area contributed by atoms with E-state index in [1.165, 1.54) is 37.7 Å². The van der Waals surface area contributed by atoms with Crippen LogP contribution in [0.3, 0.4) is 0 Å². The first-order chi connectivity index (χ1) is 17.3. The maximum absolute atomic E-state index is 12.1. The summed E-state index contributed by atoms with van der Waals surface area (Å²) in [4.78, 5) is 46.1. The number of hydrogen-bond donors (Lipinski definition) is 0. The van der Waals surface area contributed by atoms with E-state index in [1.54, 1.807) is 13.8 Å². The van der Waals surface area contributed by atoms with E-state index in [2.05, 4.69) is 0 Å². The Hall–Kier alpha value is -1.28. The van der Waals surface area contributed by atoms with Crippen molar-refractivity contribution in [2.75, 3.05) is 25.7 Å².